The van der Waals surface area contributed by atoms with Crippen LogP contribution in [0, 0.1) is 5.92 Å². The first-order valence-electron chi connectivity index (χ1n) is 6.06. The predicted octanol–water partition coefficient (Wildman–Crippen LogP) is 2.44. The number of esters is 1. The van der Waals surface area contributed by atoms with E-state index in [9.17, 15) is 9.59 Å². The van der Waals surface area contributed by atoms with E-state index in [0.717, 1.165) is 0 Å². The molecule has 0 aromatic heterocycles. The van der Waals surface area contributed by atoms with Crippen LogP contribution >= 0.6 is 12.4 Å². The Labute approximate surface area is 120 Å². The molecule has 1 saturated carbocycles. The van der Waals surface area contributed by atoms with Crippen molar-refractivity contribution in [1.29, 1.82) is 0 Å². The van der Waals surface area contributed by atoms with Gasteiger partial charge in [0.1, 0.15) is 11.1 Å². The van der Waals surface area contributed by atoms with Crippen molar-refractivity contribution >= 4 is 24.5 Å². The van der Waals surface area contributed by atoms with E-state index in [2.05, 4.69) is 11.9 Å². The lowest BCUT2D eigenvalue weighted by Gasteiger charge is -2.23. The smallest absolute Gasteiger partial charge is 0.408 e. The molecule has 6 heteroatoms. The molecule has 2 atom stereocenters. The number of rotatable bonds is 4. The Balaban J connectivity index is 0.00000324. The van der Waals surface area contributed by atoms with Gasteiger partial charge in [0.15, 0.2) is 0 Å². The van der Waals surface area contributed by atoms with Gasteiger partial charge in [0.05, 0.1) is 6.61 Å². The first-order valence-corrected chi connectivity index (χ1v) is 6.06. The van der Waals surface area contributed by atoms with E-state index in [-0.39, 0.29) is 24.9 Å². The maximum absolute atomic E-state index is 11.9. The molecule has 0 unspecified atom stereocenters. The van der Waals surface area contributed by atoms with E-state index in [1.165, 1.54) is 0 Å². The highest BCUT2D eigenvalue weighted by Crippen LogP contribution is 2.45. The second kappa shape index (κ2) is 6.28. The molecule has 19 heavy (non-hydrogen) atoms. The van der Waals surface area contributed by atoms with Crippen molar-refractivity contribution in [3.05, 3.63) is 12.7 Å². The van der Waals surface area contributed by atoms with Crippen molar-refractivity contribution in [3.63, 3.8) is 0 Å². The molecule has 1 aliphatic carbocycles. The normalized spacial score (nSPS) is 24.7. The molecule has 0 aromatic rings. The van der Waals surface area contributed by atoms with Gasteiger partial charge < -0.3 is 14.8 Å². The summed E-state index contributed by atoms with van der Waals surface area (Å²) in [5.74, 6) is -0.523. The summed E-state index contributed by atoms with van der Waals surface area (Å²) >= 11 is 0. The third-order valence-corrected chi connectivity index (χ3v) is 2.66. The zero-order valence-corrected chi connectivity index (χ0v) is 12.6. The average molecular weight is 292 g/mol. The topological polar surface area (TPSA) is 64.6 Å². The Morgan fingerprint density at radius 1 is 1.47 bits per heavy atom. The van der Waals surface area contributed by atoms with Crippen molar-refractivity contribution in [3.8, 4) is 0 Å². The van der Waals surface area contributed by atoms with Gasteiger partial charge in [-0.1, -0.05) is 6.08 Å². The Bertz CT molecular complexity index is 364. The predicted molar refractivity (Wildman–Crippen MR) is 74.3 cm³/mol. The molecule has 0 heterocycles. The van der Waals surface area contributed by atoms with Gasteiger partial charge >= 0.3 is 12.1 Å². The van der Waals surface area contributed by atoms with Gasteiger partial charge in [-0.05, 0) is 34.1 Å². The maximum atomic E-state index is 11.9. The third-order valence-electron chi connectivity index (χ3n) is 2.66. The number of carbonyl (C=O) groups is 2. The second-order valence-corrected chi connectivity index (χ2v) is 5.37. The highest BCUT2D eigenvalue weighted by atomic mass is 35.5. The number of amides is 1. The number of alkyl carbamates (subject to hydrolysis) is 1. The first kappa shape index (κ1) is 17.8. The van der Waals surface area contributed by atoms with E-state index in [1.54, 1.807) is 33.8 Å². The molecule has 1 aliphatic rings. The molecule has 0 spiro atoms. The summed E-state index contributed by atoms with van der Waals surface area (Å²) in [6.45, 7) is 10.9. The molecule has 0 saturated heterocycles. The molecular formula is C13H22ClNO4. The molecule has 0 aromatic carbocycles. The molecule has 1 N–H and O–H groups in total. The van der Waals surface area contributed by atoms with E-state index < -0.39 is 23.2 Å². The number of nitrogens with one attached hydrogen (secondary N) is 1. The van der Waals surface area contributed by atoms with Gasteiger partial charge in [0.2, 0.25) is 0 Å². The molecule has 1 rings (SSSR count). The van der Waals surface area contributed by atoms with Crippen LogP contribution in [0.2, 0.25) is 0 Å². The summed E-state index contributed by atoms with van der Waals surface area (Å²) in [6.07, 6.45) is 1.54. The highest BCUT2D eigenvalue weighted by molar-refractivity contribution is 5.90. The summed E-state index contributed by atoms with van der Waals surface area (Å²) in [4.78, 5) is 23.6. The number of hydrogen-bond donors (Lipinski definition) is 1. The van der Waals surface area contributed by atoms with Crippen LogP contribution in [-0.2, 0) is 14.3 Å². The van der Waals surface area contributed by atoms with E-state index in [4.69, 9.17) is 9.47 Å². The van der Waals surface area contributed by atoms with Crippen molar-refractivity contribution in [1.82, 2.24) is 5.32 Å². The van der Waals surface area contributed by atoms with Crippen LogP contribution in [0.1, 0.15) is 34.1 Å². The van der Waals surface area contributed by atoms with E-state index in [1.807, 2.05) is 0 Å². The lowest BCUT2D eigenvalue weighted by Crippen LogP contribution is -2.47. The summed E-state index contributed by atoms with van der Waals surface area (Å²) < 4.78 is 10.1. The maximum Gasteiger partial charge on any atom is 0.408 e. The fraction of sp³-hybridized carbons (Fsp3) is 0.692. The van der Waals surface area contributed by atoms with Crippen LogP contribution in [0.3, 0.4) is 0 Å². The quantitative estimate of drug-likeness (QED) is 0.638. The minimum Gasteiger partial charge on any atom is -0.464 e. The molecule has 110 valence electrons. The van der Waals surface area contributed by atoms with Crippen molar-refractivity contribution < 1.29 is 19.1 Å². The Morgan fingerprint density at radius 2 is 2.05 bits per heavy atom. The van der Waals surface area contributed by atoms with Crippen LogP contribution in [0.5, 0.6) is 0 Å². The number of carbonyl (C=O) groups excluding carboxylic acids is 2. The highest BCUT2D eigenvalue weighted by Gasteiger charge is 2.61. The van der Waals surface area contributed by atoms with Gasteiger partial charge in [-0.2, -0.15) is 0 Å². The van der Waals surface area contributed by atoms with Crippen molar-refractivity contribution in [2.75, 3.05) is 6.61 Å². The minimum absolute atomic E-state index is 0. The summed E-state index contributed by atoms with van der Waals surface area (Å²) in [5.41, 5.74) is -1.58. The van der Waals surface area contributed by atoms with Crippen LogP contribution < -0.4 is 5.32 Å². The standard InChI is InChI=1S/C13H21NO4.ClH/c1-6-9-8-13(9,10(15)17-7-2)14-11(16)18-12(3,4)5;/h6,9H,1,7-8H2,2-5H3,(H,14,16);1H/t9-,13+;/m1./s1. The molecule has 1 fully saturated rings. The van der Waals surface area contributed by atoms with Crippen LogP contribution in [-0.4, -0.2) is 29.8 Å². The SMILES string of the molecule is C=C[C@@H]1C[C@@]1(NC(=O)OC(C)(C)C)C(=O)OCC.Cl. The first-order chi connectivity index (χ1) is 8.25. The lowest BCUT2D eigenvalue weighted by molar-refractivity contribution is -0.147. The van der Waals surface area contributed by atoms with Crippen LogP contribution in [0.4, 0.5) is 4.79 Å². The zero-order valence-electron chi connectivity index (χ0n) is 11.8. The number of hydrogen-bond acceptors (Lipinski definition) is 4. The van der Waals surface area contributed by atoms with Gasteiger partial charge in [0, 0.05) is 5.92 Å². The molecule has 5 nitrogen and oxygen atoms in total. The fourth-order valence-corrected chi connectivity index (χ4v) is 1.75. The monoisotopic (exact) mass is 291 g/mol. The second-order valence-electron chi connectivity index (χ2n) is 5.37. The third kappa shape index (κ3) is 4.42. The molecule has 1 amide bonds. The number of ether oxygens (including phenoxy) is 2. The van der Waals surface area contributed by atoms with Gasteiger partial charge in [-0.25, -0.2) is 9.59 Å². The average Bonchev–Trinajstić information content (AvgIpc) is 2.90. The Morgan fingerprint density at radius 3 is 2.42 bits per heavy atom. The van der Waals surface area contributed by atoms with Gasteiger partial charge in [-0.3, -0.25) is 0 Å². The summed E-state index contributed by atoms with van der Waals surface area (Å²) in [5, 5.41) is 2.60. The minimum atomic E-state index is -0.986. The van der Waals surface area contributed by atoms with Crippen LogP contribution in [0.25, 0.3) is 0 Å². The Kier molecular flexibility index (Phi) is 5.87. The zero-order chi connectivity index (χ0) is 14.0. The van der Waals surface area contributed by atoms with Crippen molar-refractivity contribution in [2.24, 2.45) is 5.92 Å². The fourth-order valence-electron chi connectivity index (χ4n) is 1.75. The Hall–Kier alpha value is -1.23. The summed E-state index contributed by atoms with van der Waals surface area (Å²) in [7, 11) is 0. The van der Waals surface area contributed by atoms with Crippen LogP contribution in [0.15, 0.2) is 12.7 Å². The number of halogens is 1. The largest absolute Gasteiger partial charge is 0.464 e. The molecule has 0 radical (unpaired) electrons. The van der Waals surface area contributed by atoms with Crippen molar-refractivity contribution in [2.45, 2.75) is 45.3 Å². The van der Waals surface area contributed by atoms with E-state index >= 15 is 0 Å². The summed E-state index contributed by atoms with van der Waals surface area (Å²) in [6, 6.07) is 0. The lowest BCUT2D eigenvalue weighted by atomic mass is 10.2. The molecule has 0 aliphatic heterocycles. The van der Waals surface area contributed by atoms with E-state index in [0.29, 0.717) is 6.42 Å². The molecule has 0 bridgehead atoms. The van der Waals surface area contributed by atoms with Gasteiger partial charge in [0.25, 0.3) is 0 Å². The van der Waals surface area contributed by atoms with Gasteiger partial charge in [-0.15, -0.1) is 19.0 Å². The molecular weight excluding hydrogens is 270 g/mol.